The molecule has 2 nitrogen and oxygen atoms in total. The van der Waals surface area contributed by atoms with Crippen LogP contribution in [0.3, 0.4) is 0 Å². The highest BCUT2D eigenvalue weighted by Gasteiger charge is 2.13. The van der Waals surface area contributed by atoms with Crippen molar-refractivity contribution in [2.24, 2.45) is 0 Å². The summed E-state index contributed by atoms with van der Waals surface area (Å²) in [4.78, 5) is 8.95. The molecule has 0 radical (unpaired) electrons. The van der Waals surface area contributed by atoms with E-state index in [0.29, 0.717) is 17.5 Å². The van der Waals surface area contributed by atoms with E-state index in [-0.39, 0.29) is 0 Å². The molecule has 0 N–H and O–H groups in total. The number of halogens is 2. The summed E-state index contributed by atoms with van der Waals surface area (Å²) in [6.45, 7) is 6.27. The zero-order valence-corrected chi connectivity index (χ0v) is 13.6. The van der Waals surface area contributed by atoms with Gasteiger partial charge in [0.15, 0.2) is 0 Å². The van der Waals surface area contributed by atoms with Crippen LogP contribution in [0.5, 0.6) is 0 Å². The van der Waals surface area contributed by atoms with Crippen molar-refractivity contribution in [2.75, 3.05) is 0 Å². The summed E-state index contributed by atoms with van der Waals surface area (Å²) >= 11 is 9.61. The third-order valence-corrected chi connectivity index (χ3v) is 4.20. The van der Waals surface area contributed by atoms with Gasteiger partial charge in [0, 0.05) is 6.42 Å². The van der Waals surface area contributed by atoms with Gasteiger partial charge in [-0.05, 0) is 34.3 Å². The maximum absolute atomic E-state index is 6.16. The van der Waals surface area contributed by atoms with E-state index in [9.17, 15) is 0 Å². The molecule has 4 heteroatoms. The summed E-state index contributed by atoms with van der Waals surface area (Å²) in [5.41, 5.74) is 3.40. The third kappa shape index (κ3) is 3.54. The minimum atomic E-state index is 0.312. The third-order valence-electron chi connectivity index (χ3n) is 2.91. The van der Waals surface area contributed by atoms with Crippen molar-refractivity contribution in [3.05, 3.63) is 56.5 Å². The highest BCUT2D eigenvalue weighted by molar-refractivity contribution is 9.10. The highest BCUT2D eigenvalue weighted by Crippen LogP contribution is 2.28. The maximum atomic E-state index is 6.16. The van der Waals surface area contributed by atoms with E-state index in [4.69, 9.17) is 11.6 Å². The molecule has 0 saturated heterocycles. The lowest BCUT2D eigenvalue weighted by molar-refractivity contribution is 0.784. The van der Waals surface area contributed by atoms with Gasteiger partial charge in [0.1, 0.15) is 11.0 Å². The van der Waals surface area contributed by atoms with Gasteiger partial charge in [0.25, 0.3) is 0 Å². The van der Waals surface area contributed by atoms with Crippen LogP contribution >= 0.6 is 27.5 Å². The first-order chi connectivity index (χ1) is 8.97. The molecular weight excluding hydrogens is 324 g/mol. The lowest BCUT2D eigenvalue weighted by atomic mass is 10.1. The number of hydrogen-bond acceptors (Lipinski definition) is 2. The average Bonchev–Trinajstić information content (AvgIpc) is 2.36. The van der Waals surface area contributed by atoms with Crippen molar-refractivity contribution in [3.63, 3.8) is 0 Å². The van der Waals surface area contributed by atoms with Crippen molar-refractivity contribution < 1.29 is 0 Å². The Kier molecular flexibility index (Phi) is 4.58. The van der Waals surface area contributed by atoms with Gasteiger partial charge in [0.05, 0.1) is 10.2 Å². The number of aryl methyl sites for hydroxylation is 1. The molecule has 0 aliphatic heterocycles. The Morgan fingerprint density at radius 3 is 2.37 bits per heavy atom. The smallest absolute Gasteiger partial charge is 0.147 e. The van der Waals surface area contributed by atoms with Crippen molar-refractivity contribution in [2.45, 2.75) is 33.1 Å². The molecule has 100 valence electrons. The van der Waals surface area contributed by atoms with Crippen molar-refractivity contribution in [3.8, 4) is 0 Å². The summed E-state index contributed by atoms with van der Waals surface area (Å²) < 4.78 is 0.803. The van der Waals surface area contributed by atoms with E-state index in [0.717, 1.165) is 16.0 Å². The largest absolute Gasteiger partial charge is 0.236 e. The predicted octanol–water partition coefficient (Wildman–Crippen LogP) is 4.92. The molecule has 1 aromatic heterocycles. The minimum Gasteiger partial charge on any atom is -0.236 e. The second kappa shape index (κ2) is 6.02. The van der Waals surface area contributed by atoms with Gasteiger partial charge in [-0.2, -0.15) is 0 Å². The van der Waals surface area contributed by atoms with Gasteiger partial charge in [-0.25, -0.2) is 9.97 Å². The molecule has 0 aliphatic carbocycles. The first-order valence-electron chi connectivity index (χ1n) is 6.24. The Morgan fingerprint density at radius 1 is 1.16 bits per heavy atom. The van der Waals surface area contributed by atoms with Crippen LogP contribution < -0.4 is 0 Å². The molecule has 0 aliphatic rings. The molecule has 0 spiro atoms. The number of aromatic nitrogens is 2. The molecule has 19 heavy (non-hydrogen) atoms. The van der Waals surface area contributed by atoms with E-state index in [1.807, 2.05) is 0 Å². The van der Waals surface area contributed by atoms with Crippen LogP contribution in [0.2, 0.25) is 5.15 Å². The van der Waals surface area contributed by atoms with E-state index in [2.05, 4.69) is 70.9 Å². The van der Waals surface area contributed by atoms with Crippen molar-refractivity contribution in [1.29, 1.82) is 0 Å². The van der Waals surface area contributed by atoms with Gasteiger partial charge >= 0.3 is 0 Å². The van der Waals surface area contributed by atoms with E-state index < -0.39 is 0 Å². The normalized spacial score (nSPS) is 11.1. The number of hydrogen-bond donors (Lipinski definition) is 0. The second-order valence-corrected chi connectivity index (χ2v) is 6.10. The molecular formula is C15H16BrClN2. The Balaban J connectivity index is 2.33. The zero-order chi connectivity index (χ0) is 14.0. The average molecular weight is 340 g/mol. The van der Waals surface area contributed by atoms with Crippen molar-refractivity contribution in [1.82, 2.24) is 9.97 Å². The SMILES string of the molecule is Cc1ccc(Cc2nc(Cl)c(Br)c(C(C)C)n2)cc1. The molecule has 0 atom stereocenters. The molecule has 2 aromatic rings. The number of benzene rings is 1. The van der Waals surface area contributed by atoms with Gasteiger partial charge in [-0.3, -0.25) is 0 Å². The Morgan fingerprint density at radius 2 is 1.79 bits per heavy atom. The van der Waals surface area contributed by atoms with Gasteiger partial charge in [-0.15, -0.1) is 0 Å². The molecule has 0 fully saturated rings. The fourth-order valence-electron chi connectivity index (χ4n) is 1.83. The van der Waals surface area contributed by atoms with Gasteiger partial charge in [-0.1, -0.05) is 55.3 Å². The second-order valence-electron chi connectivity index (χ2n) is 4.95. The van der Waals surface area contributed by atoms with Crippen LogP contribution in [0.4, 0.5) is 0 Å². The van der Waals surface area contributed by atoms with Gasteiger partial charge < -0.3 is 0 Å². The van der Waals surface area contributed by atoms with Crippen molar-refractivity contribution >= 4 is 27.5 Å². The molecule has 2 rings (SSSR count). The lowest BCUT2D eigenvalue weighted by Crippen LogP contribution is -2.04. The maximum Gasteiger partial charge on any atom is 0.147 e. The van der Waals surface area contributed by atoms with Crippen LogP contribution in [0.1, 0.15) is 42.4 Å². The van der Waals surface area contributed by atoms with E-state index in [1.165, 1.54) is 11.1 Å². The first-order valence-corrected chi connectivity index (χ1v) is 7.42. The topological polar surface area (TPSA) is 25.8 Å². The summed E-state index contributed by atoms with van der Waals surface area (Å²) in [6.07, 6.45) is 0.701. The summed E-state index contributed by atoms with van der Waals surface area (Å²) in [6, 6.07) is 8.39. The Hall–Kier alpha value is -0.930. The number of rotatable bonds is 3. The Labute approximate surface area is 127 Å². The highest BCUT2D eigenvalue weighted by atomic mass is 79.9. The van der Waals surface area contributed by atoms with Crippen LogP contribution in [0.25, 0.3) is 0 Å². The van der Waals surface area contributed by atoms with Crippen LogP contribution in [-0.4, -0.2) is 9.97 Å². The zero-order valence-electron chi connectivity index (χ0n) is 11.2. The van der Waals surface area contributed by atoms with Crippen LogP contribution in [0, 0.1) is 6.92 Å². The minimum absolute atomic E-state index is 0.312. The molecule has 1 heterocycles. The standard InChI is InChI=1S/C15H16BrClN2/c1-9(2)14-13(16)15(17)19-12(18-14)8-11-6-4-10(3)5-7-11/h4-7,9H,8H2,1-3H3. The van der Waals surface area contributed by atoms with Crippen LogP contribution in [-0.2, 0) is 6.42 Å². The van der Waals surface area contributed by atoms with Crippen LogP contribution in [0.15, 0.2) is 28.7 Å². The molecule has 0 unspecified atom stereocenters. The predicted molar refractivity (Wildman–Crippen MR) is 82.8 cm³/mol. The Bertz CT molecular complexity index is 579. The van der Waals surface area contributed by atoms with E-state index in [1.54, 1.807) is 0 Å². The van der Waals surface area contributed by atoms with E-state index >= 15 is 0 Å². The fraction of sp³-hybridized carbons (Fsp3) is 0.333. The molecule has 0 amide bonds. The first kappa shape index (κ1) is 14.5. The lowest BCUT2D eigenvalue weighted by Gasteiger charge is -2.11. The molecule has 0 saturated carbocycles. The molecule has 1 aromatic carbocycles. The fourth-order valence-corrected chi connectivity index (χ4v) is 2.66. The summed E-state index contributed by atoms with van der Waals surface area (Å²) in [7, 11) is 0. The molecule has 0 bridgehead atoms. The summed E-state index contributed by atoms with van der Waals surface area (Å²) in [5, 5.41) is 0.487. The number of nitrogens with zero attached hydrogens (tertiary/aromatic N) is 2. The monoisotopic (exact) mass is 338 g/mol. The quantitative estimate of drug-likeness (QED) is 0.742. The summed E-state index contributed by atoms with van der Waals surface area (Å²) in [5.74, 6) is 1.08. The van der Waals surface area contributed by atoms with Gasteiger partial charge in [0.2, 0.25) is 0 Å².